The summed E-state index contributed by atoms with van der Waals surface area (Å²) in [5.41, 5.74) is 0.230. The molecule has 0 amide bonds. The van der Waals surface area contributed by atoms with Gasteiger partial charge in [0.15, 0.2) is 4.77 Å². The molecule has 0 aliphatic carbocycles. The number of hydrogen-bond donors (Lipinski definition) is 1. The van der Waals surface area contributed by atoms with Gasteiger partial charge in [0.1, 0.15) is 5.82 Å². The van der Waals surface area contributed by atoms with Crippen LogP contribution in [0.25, 0.3) is 0 Å². The van der Waals surface area contributed by atoms with E-state index in [2.05, 4.69) is 49.4 Å². The van der Waals surface area contributed by atoms with Gasteiger partial charge in [0.25, 0.3) is 0 Å². The second kappa shape index (κ2) is 4.47. The second-order valence-electron chi connectivity index (χ2n) is 5.69. The van der Waals surface area contributed by atoms with Crippen LogP contribution in [0.3, 0.4) is 0 Å². The quantitative estimate of drug-likeness (QED) is 0.805. The summed E-state index contributed by atoms with van der Waals surface area (Å²) >= 11 is 5.24. The van der Waals surface area contributed by atoms with Gasteiger partial charge in [0.05, 0.1) is 0 Å². The molecular formula is C11H21N3S. The first kappa shape index (κ1) is 12.4. The molecule has 0 saturated heterocycles. The van der Waals surface area contributed by atoms with Crippen molar-refractivity contribution in [1.29, 1.82) is 0 Å². The molecule has 4 heteroatoms. The van der Waals surface area contributed by atoms with E-state index in [0.717, 1.165) is 23.6 Å². The van der Waals surface area contributed by atoms with Crippen molar-refractivity contribution in [3.05, 3.63) is 10.6 Å². The normalized spacial score (nSPS) is 12.4. The molecule has 0 aliphatic rings. The molecule has 1 aromatic rings. The van der Waals surface area contributed by atoms with Crippen molar-refractivity contribution in [2.45, 2.75) is 47.6 Å². The average Bonchev–Trinajstić information content (AvgIpc) is 2.32. The molecule has 1 heterocycles. The van der Waals surface area contributed by atoms with Gasteiger partial charge in [-0.25, -0.2) is 0 Å². The summed E-state index contributed by atoms with van der Waals surface area (Å²) in [4.78, 5) is 0. The highest BCUT2D eigenvalue weighted by molar-refractivity contribution is 7.71. The van der Waals surface area contributed by atoms with Crippen molar-refractivity contribution in [1.82, 2.24) is 14.8 Å². The summed E-state index contributed by atoms with van der Waals surface area (Å²) < 4.78 is 2.86. The predicted molar refractivity (Wildman–Crippen MR) is 65.4 cm³/mol. The number of aromatic amines is 1. The van der Waals surface area contributed by atoms with Crippen LogP contribution in [-0.2, 0) is 13.0 Å². The molecule has 1 rings (SSSR count). The van der Waals surface area contributed by atoms with Gasteiger partial charge in [-0.15, -0.1) is 0 Å². The Hall–Kier alpha value is -0.640. The fourth-order valence-electron chi connectivity index (χ4n) is 1.51. The van der Waals surface area contributed by atoms with Gasteiger partial charge in [0.2, 0.25) is 0 Å². The van der Waals surface area contributed by atoms with Crippen molar-refractivity contribution in [3.63, 3.8) is 0 Å². The highest BCUT2D eigenvalue weighted by atomic mass is 32.1. The molecule has 15 heavy (non-hydrogen) atoms. The van der Waals surface area contributed by atoms with E-state index in [1.54, 1.807) is 0 Å². The zero-order valence-electron chi connectivity index (χ0n) is 10.3. The molecule has 1 N–H and O–H groups in total. The third-order valence-corrected chi connectivity index (χ3v) is 2.37. The molecule has 3 nitrogen and oxygen atoms in total. The van der Waals surface area contributed by atoms with Gasteiger partial charge in [-0.05, 0) is 23.6 Å². The van der Waals surface area contributed by atoms with Crippen molar-refractivity contribution >= 4 is 12.2 Å². The summed E-state index contributed by atoms with van der Waals surface area (Å²) in [5, 5.41) is 7.17. The minimum Gasteiger partial charge on any atom is -0.304 e. The van der Waals surface area contributed by atoms with Crippen LogP contribution >= 0.6 is 12.2 Å². The molecular weight excluding hydrogens is 206 g/mol. The highest BCUT2D eigenvalue weighted by Gasteiger charge is 2.15. The zero-order chi connectivity index (χ0) is 11.6. The number of aromatic nitrogens is 3. The molecule has 0 aromatic carbocycles. The van der Waals surface area contributed by atoms with E-state index >= 15 is 0 Å². The molecule has 0 saturated carbocycles. The van der Waals surface area contributed by atoms with Gasteiger partial charge in [-0.1, -0.05) is 34.6 Å². The maximum atomic E-state index is 5.24. The Kier molecular flexibility index (Phi) is 3.71. The molecule has 0 radical (unpaired) electrons. The third-order valence-electron chi connectivity index (χ3n) is 2.06. The zero-order valence-corrected chi connectivity index (χ0v) is 11.1. The lowest BCUT2D eigenvalue weighted by Crippen LogP contribution is -2.18. The number of nitrogens with one attached hydrogen (secondary N) is 1. The van der Waals surface area contributed by atoms with E-state index < -0.39 is 0 Å². The lowest BCUT2D eigenvalue weighted by molar-refractivity contribution is 0.333. The summed E-state index contributed by atoms with van der Waals surface area (Å²) in [7, 11) is 0. The molecule has 0 unspecified atom stereocenters. The maximum Gasteiger partial charge on any atom is 0.195 e. The molecule has 0 atom stereocenters. The topological polar surface area (TPSA) is 33.6 Å². The first-order chi connectivity index (χ1) is 6.79. The molecule has 1 aromatic heterocycles. The first-order valence-electron chi connectivity index (χ1n) is 5.43. The Balaban J connectivity index is 2.94. The molecule has 0 spiro atoms. The Morgan fingerprint density at radius 1 is 1.40 bits per heavy atom. The fraction of sp³-hybridized carbons (Fsp3) is 0.818. The largest absolute Gasteiger partial charge is 0.304 e. The minimum absolute atomic E-state index is 0.230. The predicted octanol–water partition coefficient (Wildman–Crippen LogP) is 3.19. The van der Waals surface area contributed by atoms with Gasteiger partial charge >= 0.3 is 0 Å². The van der Waals surface area contributed by atoms with E-state index in [1.807, 2.05) is 0 Å². The average molecular weight is 227 g/mol. The monoisotopic (exact) mass is 227 g/mol. The van der Waals surface area contributed by atoms with Crippen LogP contribution in [0.15, 0.2) is 0 Å². The SMILES string of the molecule is CC(C)Cc1n[nH]c(=S)n1CC(C)(C)C. The number of nitrogens with zero attached hydrogens (tertiary/aromatic N) is 2. The number of rotatable bonds is 3. The van der Waals surface area contributed by atoms with Gasteiger partial charge in [0, 0.05) is 13.0 Å². The van der Waals surface area contributed by atoms with Crippen LogP contribution < -0.4 is 0 Å². The lowest BCUT2D eigenvalue weighted by atomic mass is 9.96. The van der Waals surface area contributed by atoms with Crippen LogP contribution in [0.2, 0.25) is 0 Å². The second-order valence-corrected chi connectivity index (χ2v) is 6.08. The lowest BCUT2D eigenvalue weighted by Gasteiger charge is -2.20. The molecule has 0 aliphatic heterocycles. The summed E-state index contributed by atoms with van der Waals surface area (Å²) in [6, 6.07) is 0. The summed E-state index contributed by atoms with van der Waals surface area (Å²) in [6.07, 6.45) is 0.975. The summed E-state index contributed by atoms with van der Waals surface area (Å²) in [6.45, 7) is 11.9. The summed E-state index contributed by atoms with van der Waals surface area (Å²) in [5.74, 6) is 1.68. The van der Waals surface area contributed by atoms with E-state index in [1.165, 1.54) is 0 Å². The van der Waals surface area contributed by atoms with Crippen molar-refractivity contribution < 1.29 is 0 Å². The molecule has 0 fully saturated rings. The Bertz CT molecular complexity index is 368. The molecule has 86 valence electrons. The van der Waals surface area contributed by atoms with Crippen molar-refractivity contribution in [2.24, 2.45) is 11.3 Å². The first-order valence-corrected chi connectivity index (χ1v) is 5.84. The van der Waals surface area contributed by atoms with E-state index in [9.17, 15) is 0 Å². The van der Waals surface area contributed by atoms with Crippen LogP contribution in [-0.4, -0.2) is 14.8 Å². The van der Waals surface area contributed by atoms with Gasteiger partial charge in [-0.2, -0.15) is 5.10 Å². The third kappa shape index (κ3) is 3.78. The van der Waals surface area contributed by atoms with Gasteiger partial charge in [-0.3, -0.25) is 5.10 Å². The maximum absolute atomic E-state index is 5.24. The van der Waals surface area contributed by atoms with E-state index in [0.29, 0.717) is 5.92 Å². The minimum atomic E-state index is 0.230. The van der Waals surface area contributed by atoms with Crippen molar-refractivity contribution in [2.75, 3.05) is 0 Å². The van der Waals surface area contributed by atoms with E-state index in [4.69, 9.17) is 12.2 Å². The van der Waals surface area contributed by atoms with E-state index in [-0.39, 0.29) is 5.41 Å². The van der Waals surface area contributed by atoms with Gasteiger partial charge < -0.3 is 4.57 Å². The number of H-pyrrole nitrogens is 1. The fourth-order valence-corrected chi connectivity index (χ4v) is 1.72. The Labute approximate surface area is 96.9 Å². The standard InChI is InChI=1S/C11H21N3S/c1-8(2)6-9-12-13-10(15)14(9)7-11(3,4)5/h8H,6-7H2,1-5H3,(H,13,15). The highest BCUT2D eigenvalue weighted by Crippen LogP contribution is 2.18. The van der Waals surface area contributed by atoms with Crippen LogP contribution in [0, 0.1) is 16.1 Å². The Morgan fingerprint density at radius 3 is 2.47 bits per heavy atom. The number of hydrogen-bond acceptors (Lipinski definition) is 2. The molecule has 0 bridgehead atoms. The van der Waals surface area contributed by atoms with Crippen LogP contribution in [0.1, 0.15) is 40.4 Å². The van der Waals surface area contributed by atoms with Crippen molar-refractivity contribution in [3.8, 4) is 0 Å². The van der Waals surface area contributed by atoms with Crippen LogP contribution in [0.5, 0.6) is 0 Å². The smallest absolute Gasteiger partial charge is 0.195 e. The van der Waals surface area contributed by atoms with Crippen LogP contribution in [0.4, 0.5) is 0 Å². The Morgan fingerprint density at radius 2 is 2.00 bits per heavy atom.